The van der Waals surface area contributed by atoms with E-state index in [0.29, 0.717) is 19.3 Å². The maximum Gasteiger partial charge on any atom is 0.472 e. The second-order valence-corrected chi connectivity index (χ2v) is 28.7. The summed E-state index contributed by atoms with van der Waals surface area (Å²) in [4.78, 5) is 58.4. The lowest BCUT2D eigenvalue weighted by atomic mass is 10.0. The Morgan fingerprint density at radius 1 is 0.301 bits per heavy atom. The summed E-state index contributed by atoms with van der Waals surface area (Å²) in [5, 5.41) is 20.6. The predicted molar refractivity (Wildman–Crippen MR) is 381 cm³/mol. The topological polar surface area (TPSA) is 231 Å². The van der Waals surface area contributed by atoms with Crippen LogP contribution in [0.3, 0.4) is 0 Å². The molecule has 0 bridgehead atoms. The van der Waals surface area contributed by atoms with Crippen molar-refractivity contribution in [3.8, 4) is 0 Å². The summed E-state index contributed by atoms with van der Waals surface area (Å²) in [7, 11) is -9.76. The summed E-state index contributed by atoms with van der Waals surface area (Å²) in [6.45, 7) is 2.71. The standard InChI is InChI=1S/C75H140O16P2/c1-4-7-10-13-16-19-22-25-27-28-29-30-31-32-33-34-35-36-37-38-39-40-42-45-46-49-52-55-58-61-73(78)85-64-70(76)65-87-92(81,82)88-66-71(77)67-89-93(83,84)90-69-72(91-75(80)63-60-57-54-51-48-43-24-21-18-15-12-9-6-3)68-86-74(79)62-59-56-53-50-47-44-41-26-23-20-17-14-11-8-5-2/h16,19,25,27,29-30,32-33,70-72,76-77H,4-15,17-18,20-24,26,28,31,34-69H2,1-3H3,(H,81,82)(H,83,84)/b19-16-,27-25-,30-29-,33-32-. The van der Waals surface area contributed by atoms with E-state index in [2.05, 4.69) is 69.4 Å². The normalized spacial score (nSPS) is 14.4. The Morgan fingerprint density at radius 3 is 0.871 bits per heavy atom. The SMILES string of the molecule is CCCCC/C=C\C/C=C\C/C=C\C/C=C\CCCCCCCCCCCCCCCC(=O)OCC(O)COP(=O)(O)OCC(O)COP(=O)(O)OCC(COC(=O)CCCCCCCCCCCCCCCCC)OC(=O)CCCCCCCCCCCCCCC. The molecular weight excluding hydrogens is 1220 g/mol. The fourth-order valence-electron chi connectivity index (χ4n) is 10.7. The van der Waals surface area contributed by atoms with Crippen LogP contribution in [0, 0.1) is 0 Å². The monoisotopic (exact) mass is 1360 g/mol. The van der Waals surface area contributed by atoms with Gasteiger partial charge in [0, 0.05) is 19.3 Å². The minimum atomic E-state index is -4.91. The molecule has 0 radical (unpaired) electrons. The summed E-state index contributed by atoms with van der Waals surface area (Å²) in [5.74, 6) is -1.55. The fraction of sp³-hybridized carbons (Fsp3) is 0.853. The van der Waals surface area contributed by atoms with Crippen LogP contribution in [0.1, 0.15) is 355 Å². The first-order valence-electron chi connectivity index (χ1n) is 37.9. The van der Waals surface area contributed by atoms with E-state index in [0.717, 1.165) is 89.9 Å². The molecule has 0 amide bonds. The molecule has 0 saturated heterocycles. The van der Waals surface area contributed by atoms with E-state index in [1.54, 1.807) is 0 Å². The summed E-state index contributed by atoms with van der Waals surface area (Å²) in [6.07, 6.45) is 71.7. The fourth-order valence-corrected chi connectivity index (χ4v) is 12.3. The number of carbonyl (C=O) groups excluding carboxylic acids is 3. The Balaban J connectivity index is 4.40. The zero-order valence-corrected chi connectivity index (χ0v) is 61.2. The smallest absolute Gasteiger partial charge is 0.463 e. The molecule has 5 atom stereocenters. The van der Waals surface area contributed by atoms with Gasteiger partial charge in [-0.05, 0) is 64.2 Å². The van der Waals surface area contributed by atoms with Crippen molar-refractivity contribution < 1.29 is 75.8 Å². The maximum atomic E-state index is 12.9. The molecule has 0 aliphatic carbocycles. The maximum absolute atomic E-state index is 12.9. The van der Waals surface area contributed by atoms with Gasteiger partial charge in [0.05, 0.1) is 26.4 Å². The van der Waals surface area contributed by atoms with Gasteiger partial charge in [-0.3, -0.25) is 32.5 Å². The first-order valence-corrected chi connectivity index (χ1v) is 40.9. The third-order valence-corrected chi connectivity index (χ3v) is 18.5. The van der Waals surface area contributed by atoms with Crippen molar-refractivity contribution in [3.05, 3.63) is 48.6 Å². The van der Waals surface area contributed by atoms with Crippen molar-refractivity contribution in [3.63, 3.8) is 0 Å². The van der Waals surface area contributed by atoms with Gasteiger partial charge in [0.2, 0.25) is 0 Å². The van der Waals surface area contributed by atoms with Crippen molar-refractivity contribution in [1.82, 2.24) is 0 Å². The Morgan fingerprint density at radius 2 is 0.538 bits per heavy atom. The lowest BCUT2D eigenvalue weighted by molar-refractivity contribution is -0.161. The number of esters is 3. The van der Waals surface area contributed by atoms with Gasteiger partial charge < -0.3 is 34.2 Å². The van der Waals surface area contributed by atoms with Gasteiger partial charge >= 0.3 is 33.6 Å². The zero-order chi connectivity index (χ0) is 68.1. The van der Waals surface area contributed by atoms with E-state index < -0.39 is 91.5 Å². The van der Waals surface area contributed by atoms with Gasteiger partial charge in [-0.2, -0.15) is 0 Å². The van der Waals surface area contributed by atoms with Crippen LogP contribution in [-0.2, 0) is 55.8 Å². The van der Waals surface area contributed by atoms with Crippen molar-refractivity contribution in [2.75, 3.05) is 39.6 Å². The lowest BCUT2D eigenvalue weighted by Crippen LogP contribution is -2.30. The second kappa shape index (κ2) is 69.4. The van der Waals surface area contributed by atoms with Crippen LogP contribution in [0.15, 0.2) is 48.6 Å². The molecular formula is C75H140O16P2. The summed E-state index contributed by atoms with van der Waals surface area (Å²) in [5.41, 5.74) is 0. The molecule has 4 N–H and O–H groups in total. The van der Waals surface area contributed by atoms with Crippen molar-refractivity contribution in [2.45, 2.75) is 373 Å². The Kier molecular flexibility index (Phi) is 67.6. The molecule has 18 heteroatoms. The number of hydrogen-bond donors (Lipinski definition) is 4. The molecule has 0 rings (SSSR count). The highest BCUT2D eigenvalue weighted by atomic mass is 31.2. The highest BCUT2D eigenvalue weighted by Crippen LogP contribution is 2.45. The van der Waals surface area contributed by atoms with Crippen LogP contribution in [0.2, 0.25) is 0 Å². The van der Waals surface area contributed by atoms with Crippen molar-refractivity contribution in [1.29, 1.82) is 0 Å². The minimum Gasteiger partial charge on any atom is -0.463 e. The molecule has 0 saturated carbocycles. The Bertz CT molecular complexity index is 1890. The van der Waals surface area contributed by atoms with Crippen LogP contribution in [-0.4, -0.2) is 95.9 Å². The number of aliphatic hydroxyl groups excluding tert-OH is 2. The van der Waals surface area contributed by atoms with Gasteiger partial charge in [0.25, 0.3) is 0 Å². The molecule has 0 spiro atoms. The first-order chi connectivity index (χ1) is 45.2. The summed E-state index contributed by atoms with van der Waals surface area (Å²) in [6, 6.07) is 0. The molecule has 0 aliphatic rings. The molecule has 16 nitrogen and oxygen atoms in total. The van der Waals surface area contributed by atoms with E-state index in [-0.39, 0.29) is 19.3 Å². The van der Waals surface area contributed by atoms with E-state index in [4.69, 9.17) is 32.3 Å². The highest BCUT2D eigenvalue weighted by Gasteiger charge is 2.29. The number of allylic oxidation sites excluding steroid dienone is 8. The lowest BCUT2D eigenvalue weighted by Gasteiger charge is -2.21. The quantitative estimate of drug-likeness (QED) is 0.0146. The summed E-state index contributed by atoms with van der Waals surface area (Å²) >= 11 is 0. The molecule has 5 unspecified atom stereocenters. The number of carbonyl (C=O) groups is 3. The Hall–Kier alpha value is -2.49. The number of hydrogen-bond acceptors (Lipinski definition) is 14. The van der Waals surface area contributed by atoms with Gasteiger partial charge in [0.15, 0.2) is 6.10 Å². The predicted octanol–water partition coefficient (Wildman–Crippen LogP) is 21.5. The number of phosphoric ester groups is 2. The molecule has 0 aromatic carbocycles. The van der Waals surface area contributed by atoms with Crippen LogP contribution >= 0.6 is 15.6 Å². The van der Waals surface area contributed by atoms with E-state index in [9.17, 15) is 43.5 Å². The number of aliphatic hydroxyl groups is 2. The highest BCUT2D eigenvalue weighted by molar-refractivity contribution is 7.47. The third kappa shape index (κ3) is 70.6. The first kappa shape index (κ1) is 90.5. The van der Waals surface area contributed by atoms with Crippen molar-refractivity contribution in [2.24, 2.45) is 0 Å². The Labute approximate surface area is 568 Å². The van der Waals surface area contributed by atoms with E-state index in [1.165, 1.54) is 205 Å². The molecule has 0 heterocycles. The second-order valence-electron chi connectivity index (χ2n) is 25.8. The largest absolute Gasteiger partial charge is 0.472 e. The number of phosphoric acid groups is 2. The minimum absolute atomic E-state index is 0.114. The van der Waals surface area contributed by atoms with Gasteiger partial charge in [-0.25, -0.2) is 9.13 Å². The molecule has 0 aromatic rings. The van der Waals surface area contributed by atoms with Crippen LogP contribution in [0.4, 0.5) is 0 Å². The number of ether oxygens (including phenoxy) is 3. The molecule has 0 fully saturated rings. The zero-order valence-electron chi connectivity index (χ0n) is 59.4. The number of unbranched alkanes of at least 4 members (excludes halogenated alkanes) is 42. The van der Waals surface area contributed by atoms with Gasteiger partial charge in [0.1, 0.15) is 25.4 Å². The summed E-state index contributed by atoms with van der Waals surface area (Å²) < 4.78 is 61.0. The van der Waals surface area contributed by atoms with Crippen LogP contribution < -0.4 is 0 Å². The molecule has 546 valence electrons. The van der Waals surface area contributed by atoms with E-state index >= 15 is 0 Å². The van der Waals surface area contributed by atoms with Crippen molar-refractivity contribution >= 4 is 33.6 Å². The van der Waals surface area contributed by atoms with Gasteiger partial charge in [-0.15, -0.1) is 0 Å². The van der Waals surface area contributed by atoms with Crippen LogP contribution in [0.5, 0.6) is 0 Å². The number of rotatable bonds is 73. The third-order valence-electron chi connectivity index (χ3n) is 16.6. The van der Waals surface area contributed by atoms with E-state index in [1.807, 2.05) is 0 Å². The van der Waals surface area contributed by atoms with Gasteiger partial charge in [-0.1, -0.05) is 320 Å². The van der Waals surface area contributed by atoms with Crippen LogP contribution in [0.25, 0.3) is 0 Å². The molecule has 0 aliphatic heterocycles. The molecule has 93 heavy (non-hydrogen) atoms. The molecule has 0 aromatic heterocycles. The average molecular weight is 1360 g/mol. The average Bonchev–Trinajstić information content (AvgIpc) is 2.91.